The lowest BCUT2D eigenvalue weighted by Gasteiger charge is -2.42. The van der Waals surface area contributed by atoms with Crippen molar-refractivity contribution in [2.75, 3.05) is 46.6 Å². The number of methoxy groups -OCH3 is 1. The maximum Gasteiger partial charge on any atom is 0.255 e. The van der Waals surface area contributed by atoms with Crippen molar-refractivity contribution in [1.29, 1.82) is 0 Å². The Morgan fingerprint density at radius 2 is 1.89 bits per heavy atom. The molecular weight excluding hydrogens is 456 g/mol. The summed E-state index contributed by atoms with van der Waals surface area (Å²) in [5.41, 5.74) is 2.57. The Morgan fingerprint density at radius 3 is 2.67 bits per heavy atom. The van der Waals surface area contributed by atoms with Gasteiger partial charge in [-0.1, -0.05) is 30.7 Å². The minimum atomic E-state index is -0.144. The van der Waals surface area contributed by atoms with Crippen LogP contribution in [0.2, 0.25) is 0 Å². The first-order valence-corrected chi connectivity index (χ1v) is 13.0. The molecule has 0 radical (unpaired) electrons. The molecule has 0 aromatic heterocycles. The molecule has 1 saturated heterocycles. The Morgan fingerprint density at radius 1 is 1.08 bits per heavy atom. The summed E-state index contributed by atoms with van der Waals surface area (Å²) in [6, 6.07) is 13.3. The molecule has 0 saturated carbocycles. The molecule has 1 N–H and O–H groups in total. The van der Waals surface area contributed by atoms with Gasteiger partial charge in [0.15, 0.2) is 0 Å². The van der Waals surface area contributed by atoms with Gasteiger partial charge < -0.3 is 24.4 Å². The topological polar surface area (TPSA) is 77.1 Å². The molecule has 1 fully saturated rings. The largest absolute Gasteiger partial charge is 0.496 e. The molecule has 0 atom stereocenters. The first kappa shape index (κ1) is 26.0. The fraction of sp³-hybridized carbons (Fsp3) is 0.517. The van der Waals surface area contributed by atoms with E-state index in [1.54, 1.807) is 13.2 Å². The molecule has 7 heteroatoms. The van der Waals surface area contributed by atoms with Gasteiger partial charge in [0.05, 0.1) is 32.3 Å². The van der Waals surface area contributed by atoms with E-state index in [-0.39, 0.29) is 17.2 Å². The number of rotatable bonds is 3. The van der Waals surface area contributed by atoms with Crippen molar-refractivity contribution in [2.24, 2.45) is 5.41 Å². The maximum atomic E-state index is 13.1. The molecular formula is C29H38N2O5. The van der Waals surface area contributed by atoms with Crippen molar-refractivity contribution in [2.45, 2.75) is 45.4 Å². The van der Waals surface area contributed by atoms with E-state index in [4.69, 9.17) is 14.2 Å². The van der Waals surface area contributed by atoms with Gasteiger partial charge >= 0.3 is 0 Å². The molecule has 1 spiro atoms. The van der Waals surface area contributed by atoms with E-state index in [2.05, 4.69) is 5.32 Å². The number of fused-ring (bicyclic) bond motifs is 1. The van der Waals surface area contributed by atoms with Crippen LogP contribution in [0.5, 0.6) is 11.5 Å². The number of benzene rings is 2. The zero-order chi connectivity index (χ0) is 25.4. The average Bonchev–Trinajstić information content (AvgIpc) is 2.89. The molecule has 0 aliphatic carbocycles. The SMILES string of the molecule is COc1ccc(CC(=O)N2CCC3(CCCCOCCNC(=O)c4ccccc4OC3)CC2)cc1C. The van der Waals surface area contributed by atoms with Gasteiger partial charge in [0.25, 0.3) is 5.91 Å². The second kappa shape index (κ2) is 12.3. The summed E-state index contributed by atoms with van der Waals surface area (Å²) in [6.07, 6.45) is 5.21. The number of ether oxygens (including phenoxy) is 3. The monoisotopic (exact) mass is 494 g/mol. The van der Waals surface area contributed by atoms with Crippen LogP contribution in [-0.2, 0) is 16.0 Å². The third kappa shape index (κ3) is 6.58. The number of hydrogen-bond acceptors (Lipinski definition) is 5. The van der Waals surface area contributed by atoms with E-state index in [0.717, 1.165) is 62.1 Å². The molecule has 0 bridgehead atoms. The number of aryl methyl sites for hydroxylation is 1. The molecule has 2 aliphatic heterocycles. The van der Waals surface area contributed by atoms with Gasteiger partial charge in [0.1, 0.15) is 11.5 Å². The van der Waals surface area contributed by atoms with Gasteiger partial charge in [-0.3, -0.25) is 9.59 Å². The predicted octanol–water partition coefficient (Wildman–Crippen LogP) is 4.16. The van der Waals surface area contributed by atoms with Gasteiger partial charge in [-0.05, 0) is 61.9 Å². The lowest BCUT2D eigenvalue weighted by molar-refractivity contribution is -0.133. The number of carbonyl (C=O) groups is 2. The Balaban J connectivity index is 1.41. The van der Waals surface area contributed by atoms with Gasteiger partial charge in [-0.25, -0.2) is 0 Å². The van der Waals surface area contributed by atoms with Crippen LogP contribution in [0.25, 0.3) is 0 Å². The molecule has 194 valence electrons. The van der Waals surface area contributed by atoms with Gasteiger partial charge in [-0.15, -0.1) is 0 Å². The van der Waals surface area contributed by atoms with Gasteiger partial charge in [0.2, 0.25) is 5.91 Å². The summed E-state index contributed by atoms with van der Waals surface area (Å²) in [6.45, 7) is 5.65. The molecule has 2 amide bonds. The summed E-state index contributed by atoms with van der Waals surface area (Å²) in [5, 5.41) is 2.92. The fourth-order valence-corrected chi connectivity index (χ4v) is 5.18. The standard InChI is InChI=1S/C29H38N2O5/c1-22-19-23(9-10-25(22)34-2)20-27(32)31-15-12-29(13-16-31)11-5-6-17-35-18-14-30-28(33)24-7-3-4-8-26(24)36-21-29/h3-4,7-10,19H,5-6,11-18,20-21H2,1-2H3,(H,30,33). The second-order valence-electron chi connectivity index (χ2n) is 9.97. The Bertz CT molecular complexity index is 1050. The van der Waals surface area contributed by atoms with Crippen molar-refractivity contribution in [1.82, 2.24) is 10.2 Å². The number of nitrogens with zero attached hydrogens (tertiary/aromatic N) is 1. The molecule has 2 aromatic carbocycles. The zero-order valence-electron chi connectivity index (χ0n) is 21.5. The van der Waals surface area contributed by atoms with Crippen molar-refractivity contribution in [3.8, 4) is 11.5 Å². The highest BCUT2D eigenvalue weighted by Gasteiger charge is 2.36. The van der Waals surface area contributed by atoms with E-state index in [0.29, 0.717) is 44.1 Å². The summed E-state index contributed by atoms with van der Waals surface area (Å²) in [7, 11) is 1.66. The van der Waals surface area contributed by atoms with Crippen LogP contribution in [0.1, 0.15) is 53.6 Å². The second-order valence-corrected chi connectivity index (χ2v) is 9.97. The quantitative estimate of drug-likeness (QED) is 0.693. The van der Waals surface area contributed by atoms with E-state index < -0.39 is 0 Å². The van der Waals surface area contributed by atoms with Crippen LogP contribution in [0, 0.1) is 12.3 Å². The maximum absolute atomic E-state index is 13.1. The van der Waals surface area contributed by atoms with E-state index in [9.17, 15) is 9.59 Å². The lowest BCUT2D eigenvalue weighted by atomic mass is 9.75. The molecule has 7 nitrogen and oxygen atoms in total. The molecule has 2 aliphatic rings. The predicted molar refractivity (Wildman–Crippen MR) is 139 cm³/mol. The van der Waals surface area contributed by atoms with Crippen molar-refractivity contribution >= 4 is 11.8 Å². The third-order valence-electron chi connectivity index (χ3n) is 7.43. The first-order chi connectivity index (χ1) is 17.5. The smallest absolute Gasteiger partial charge is 0.255 e. The fourth-order valence-electron chi connectivity index (χ4n) is 5.18. The first-order valence-electron chi connectivity index (χ1n) is 13.0. The Labute approximate surface area is 214 Å². The minimum absolute atomic E-state index is 0.0266. The van der Waals surface area contributed by atoms with E-state index in [1.807, 2.05) is 48.2 Å². The highest BCUT2D eigenvalue weighted by Crippen LogP contribution is 2.38. The Hall–Kier alpha value is -3.06. The van der Waals surface area contributed by atoms with Crippen LogP contribution in [0.15, 0.2) is 42.5 Å². The summed E-state index contributed by atoms with van der Waals surface area (Å²) in [5.74, 6) is 1.46. The van der Waals surface area contributed by atoms with Crippen LogP contribution < -0.4 is 14.8 Å². The number of piperidine rings is 1. The third-order valence-corrected chi connectivity index (χ3v) is 7.43. The minimum Gasteiger partial charge on any atom is -0.496 e. The number of carbonyl (C=O) groups excluding carboxylic acids is 2. The van der Waals surface area contributed by atoms with Crippen LogP contribution in [0.4, 0.5) is 0 Å². The highest BCUT2D eigenvalue weighted by atomic mass is 16.5. The van der Waals surface area contributed by atoms with E-state index in [1.165, 1.54) is 0 Å². The zero-order valence-corrected chi connectivity index (χ0v) is 21.5. The van der Waals surface area contributed by atoms with Crippen LogP contribution >= 0.6 is 0 Å². The molecule has 36 heavy (non-hydrogen) atoms. The molecule has 2 aromatic rings. The Kier molecular flexibility index (Phi) is 8.86. The molecule has 0 unspecified atom stereocenters. The average molecular weight is 495 g/mol. The number of amides is 2. The number of para-hydroxylation sites is 1. The van der Waals surface area contributed by atoms with Crippen LogP contribution in [0.3, 0.4) is 0 Å². The summed E-state index contributed by atoms with van der Waals surface area (Å²) in [4.78, 5) is 27.7. The van der Waals surface area contributed by atoms with Crippen molar-refractivity contribution in [3.63, 3.8) is 0 Å². The number of likely N-dealkylation sites (tertiary alicyclic amines) is 1. The highest BCUT2D eigenvalue weighted by molar-refractivity contribution is 5.96. The molecule has 2 heterocycles. The summed E-state index contributed by atoms with van der Waals surface area (Å²) >= 11 is 0. The van der Waals surface area contributed by atoms with Gasteiger partial charge in [-0.2, -0.15) is 0 Å². The number of hydrogen-bond donors (Lipinski definition) is 1. The number of nitrogens with one attached hydrogen (secondary N) is 1. The normalized spacial score (nSPS) is 18.9. The summed E-state index contributed by atoms with van der Waals surface area (Å²) < 4.78 is 17.4. The van der Waals surface area contributed by atoms with Gasteiger partial charge in [0, 0.05) is 31.7 Å². The van der Waals surface area contributed by atoms with E-state index >= 15 is 0 Å². The van der Waals surface area contributed by atoms with Crippen molar-refractivity contribution in [3.05, 3.63) is 59.2 Å². The molecule has 4 rings (SSSR count). The lowest BCUT2D eigenvalue weighted by Crippen LogP contribution is -2.46. The van der Waals surface area contributed by atoms with Crippen molar-refractivity contribution < 1.29 is 23.8 Å². The van der Waals surface area contributed by atoms with Crippen LogP contribution in [-0.4, -0.2) is 63.3 Å².